The van der Waals surface area contributed by atoms with Crippen molar-refractivity contribution in [2.45, 2.75) is 82.0 Å². The fourth-order valence-electron chi connectivity index (χ4n) is 6.31. The van der Waals surface area contributed by atoms with E-state index in [2.05, 4.69) is 6.92 Å². The lowest BCUT2D eigenvalue weighted by Gasteiger charge is -2.56. The van der Waals surface area contributed by atoms with Crippen LogP contribution in [0, 0.1) is 23.7 Å². The molecule has 4 bridgehead atoms. The van der Waals surface area contributed by atoms with Gasteiger partial charge in [-0.3, -0.25) is 4.79 Å². The molecule has 0 radical (unpaired) electrons. The van der Waals surface area contributed by atoms with E-state index < -0.39 is 0 Å². The van der Waals surface area contributed by atoms with E-state index in [1.165, 1.54) is 19.3 Å². The van der Waals surface area contributed by atoms with Gasteiger partial charge in [0.2, 0.25) is 0 Å². The zero-order chi connectivity index (χ0) is 14.2. The molecule has 5 aliphatic carbocycles. The first-order chi connectivity index (χ1) is 10.0. The van der Waals surface area contributed by atoms with Crippen LogP contribution in [-0.4, -0.2) is 23.3 Å². The number of hydrogen-bond acceptors (Lipinski definition) is 3. The molecule has 3 atom stereocenters. The van der Waals surface area contributed by atoms with Gasteiger partial charge in [-0.05, 0) is 82.5 Å². The van der Waals surface area contributed by atoms with Crippen LogP contribution in [0.25, 0.3) is 0 Å². The SMILES string of the molecule is CC12CCC(C(=O)OC34CC5CC(CC(C5)C3)C4)CC1O2. The van der Waals surface area contributed by atoms with Gasteiger partial charge < -0.3 is 9.47 Å². The third-order valence-electron chi connectivity index (χ3n) is 7.16. The molecule has 1 heterocycles. The number of hydrogen-bond donors (Lipinski definition) is 0. The van der Waals surface area contributed by atoms with Crippen molar-refractivity contribution in [1.82, 2.24) is 0 Å². The molecule has 3 nitrogen and oxygen atoms in total. The van der Waals surface area contributed by atoms with E-state index in [1.54, 1.807) is 0 Å². The van der Waals surface area contributed by atoms with E-state index in [4.69, 9.17) is 9.47 Å². The molecular weight excluding hydrogens is 264 g/mol. The Kier molecular flexibility index (Phi) is 2.48. The third kappa shape index (κ3) is 1.99. The summed E-state index contributed by atoms with van der Waals surface area (Å²) in [5.41, 5.74) is 0.0223. The number of esters is 1. The van der Waals surface area contributed by atoms with Crippen molar-refractivity contribution in [3.8, 4) is 0 Å². The van der Waals surface area contributed by atoms with Crippen molar-refractivity contribution in [1.29, 1.82) is 0 Å². The largest absolute Gasteiger partial charge is 0.459 e. The van der Waals surface area contributed by atoms with Crippen LogP contribution < -0.4 is 0 Å². The Morgan fingerprint density at radius 3 is 2.24 bits per heavy atom. The molecule has 116 valence electrons. The van der Waals surface area contributed by atoms with E-state index in [0.29, 0.717) is 6.10 Å². The molecule has 6 fully saturated rings. The van der Waals surface area contributed by atoms with E-state index >= 15 is 0 Å². The number of carbonyl (C=O) groups excluding carboxylic acids is 1. The number of carbonyl (C=O) groups is 1. The minimum absolute atomic E-state index is 0.0724. The molecule has 0 aromatic rings. The van der Waals surface area contributed by atoms with Gasteiger partial charge in [-0.2, -0.15) is 0 Å². The Morgan fingerprint density at radius 2 is 1.67 bits per heavy atom. The van der Waals surface area contributed by atoms with Gasteiger partial charge in [0.15, 0.2) is 0 Å². The van der Waals surface area contributed by atoms with Crippen LogP contribution >= 0.6 is 0 Å². The summed E-state index contributed by atoms with van der Waals surface area (Å²) in [6.45, 7) is 2.18. The highest BCUT2D eigenvalue weighted by atomic mass is 16.6. The molecule has 0 N–H and O–H groups in total. The lowest BCUT2D eigenvalue weighted by Crippen LogP contribution is -2.53. The molecular formula is C18H26O3. The predicted molar refractivity (Wildman–Crippen MR) is 77.6 cm³/mol. The second-order valence-electron chi connectivity index (χ2n) is 8.91. The first-order valence-corrected chi connectivity index (χ1v) is 8.94. The molecule has 21 heavy (non-hydrogen) atoms. The summed E-state index contributed by atoms with van der Waals surface area (Å²) < 4.78 is 11.9. The monoisotopic (exact) mass is 290 g/mol. The Labute approximate surface area is 126 Å². The summed E-state index contributed by atoms with van der Waals surface area (Å²) in [4.78, 5) is 12.7. The van der Waals surface area contributed by atoms with Gasteiger partial charge in [0.1, 0.15) is 5.60 Å². The van der Waals surface area contributed by atoms with Crippen LogP contribution in [0.5, 0.6) is 0 Å². The fourth-order valence-corrected chi connectivity index (χ4v) is 6.31. The van der Waals surface area contributed by atoms with Gasteiger partial charge >= 0.3 is 5.97 Å². The summed E-state index contributed by atoms with van der Waals surface area (Å²) in [6, 6.07) is 0. The first-order valence-electron chi connectivity index (χ1n) is 8.94. The Balaban J connectivity index is 1.28. The fraction of sp³-hybridized carbons (Fsp3) is 0.944. The van der Waals surface area contributed by atoms with Gasteiger partial charge in [0.25, 0.3) is 0 Å². The second kappa shape index (κ2) is 4.04. The predicted octanol–water partition coefficient (Wildman–Crippen LogP) is 3.46. The van der Waals surface area contributed by atoms with Gasteiger partial charge in [0.05, 0.1) is 17.6 Å². The standard InChI is InChI=1S/C18H26O3/c1-17-3-2-14(7-15(17)20-17)16(19)21-18-8-11-4-12(9-18)6-13(5-11)10-18/h11-15H,2-10H2,1H3. The van der Waals surface area contributed by atoms with Crippen molar-refractivity contribution in [2.24, 2.45) is 23.7 Å². The molecule has 5 saturated carbocycles. The van der Waals surface area contributed by atoms with Crippen LogP contribution in [-0.2, 0) is 14.3 Å². The summed E-state index contributed by atoms with van der Waals surface area (Å²) in [5.74, 6) is 2.70. The van der Waals surface area contributed by atoms with Gasteiger partial charge in [-0.1, -0.05) is 0 Å². The molecule has 3 unspecified atom stereocenters. The van der Waals surface area contributed by atoms with Crippen molar-refractivity contribution in [3.05, 3.63) is 0 Å². The molecule has 0 amide bonds. The highest BCUT2D eigenvalue weighted by molar-refractivity contribution is 5.73. The van der Waals surface area contributed by atoms with Crippen molar-refractivity contribution in [2.75, 3.05) is 0 Å². The van der Waals surface area contributed by atoms with E-state index in [9.17, 15) is 4.79 Å². The second-order valence-corrected chi connectivity index (χ2v) is 8.91. The van der Waals surface area contributed by atoms with Crippen molar-refractivity contribution in [3.63, 3.8) is 0 Å². The molecule has 1 aliphatic heterocycles. The zero-order valence-corrected chi connectivity index (χ0v) is 13.0. The van der Waals surface area contributed by atoms with Crippen LogP contribution in [0.3, 0.4) is 0 Å². The summed E-state index contributed by atoms with van der Waals surface area (Å²) in [7, 11) is 0. The third-order valence-corrected chi connectivity index (χ3v) is 7.16. The average Bonchev–Trinajstić information content (AvgIpc) is 3.06. The maximum Gasteiger partial charge on any atom is 0.309 e. The summed E-state index contributed by atoms with van der Waals surface area (Å²) >= 11 is 0. The maximum atomic E-state index is 12.7. The Morgan fingerprint density at radius 1 is 1.05 bits per heavy atom. The molecule has 0 spiro atoms. The van der Waals surface area contributed by atoms with Crippen molar-refractivity contribution < 1.29 is 14.3 Å². The first kappa shape index (κ1) is 12.9. The smallest absolute Gasteiger partial charge is 0.309 e. The number of ether oxygens (including phenoxy) is 2. The lowest BCUT2D eigenvalue weighted by atomic mass is 9.54. The molecule has 3 heteroatoms. The van der Waals surface area contributed by atoms with Gasteiger partial charge in [-0.25, -0.2) is 0 Å². The van der Waals surface area contributed by atoms with Gasteiger partial charge in [0, 0.05) is 0 Å². The van der Waals surface area contributed by atoms with E-state index in [0.717, 1.165) is 56.3 Å². The number of rotatable bonds is 2. The lowest BCUT2D eigenvalue weighted by molar-refractivity contribution is -0.191. The van der Waals surface area contributed by atoms with Crippen LogP contribution in [0.4, 0.5) is 0 Å². The number of epoxide rings is 1. The normalized spacial score (nSPS) is 56.9. The van der Waals surface area contributed by atoms with Crippen molar-refractivity contribution >= 4 is 5.97 Å². The Hall–Kier alpha value is -0.570. The molecule has 6 rings (SSSR count). The van der Waals surface area contributed by atoms with E-state index in [-0.39, 0.29) is 23.1 Å². The molecule has 0 aromatic heterocycles. The maximum absolute atomic E-state index is 12.7. The summed E-state index contributed by atoms with van der Waals surface area (Å²) in [5, 5.41) is 0. The van der Waals surface area contributed by atoms with Gasteiger partial charge in [-0.15, -0.1) is 0 Å². The highest BCUT2D eigenvalue weighted by Crippen LogP contribution is 2.57. The molecule has 1 saturated heterocycles. The molecule has 0 aromatic carbocycles. The van der Waals surface area contributed by atoms with E-state index in [1.807, 2.05) is 0 Å². The average molecular weight is 290 g/mol. The topological polar surface area (TPSA) is 38.8 Å². The Bertz CT molecular complexity index is 450. The number of fused-ring (bicyclic) bond motifs is 1. The zero-order valence-electron chi connectivity index (χ0n) is 13.0. The quantitative estimate of drug-likeness (QED) is 0.577. The minimum atomic E-state index is -0.0724. The highest BCUT2D eigenvalue weighted by Gasteiger charge is 2.58. The summed E-state index contributed by atoms with van der Waals surface area (Å²) in [6.07, 6.45) is 10.8. The van der Waals surface area contributed by atoms with Crippen LogP contribution in [0.15, 0.2) is 0 Å². The molecule has 6 aliphatic rings. The van der Waals surface area contributed by atoms with Crippen LogP contribution in [0.1, 0.15) is 64.7 Å². The van der Waals surface area contributed by atoms with Crippen LogP contribution in [0.2, 0.25) is 0 Å². The minimum Gasteiger partial charge on any atom is -0.459 e.